The Balaban J connectivity index is 2.16. The van der Waals surface area contributed by atoms with Crippen molar-refractivity contribution in [2.75, 3.05) is 0 Å². The molecule has 1 aromatic rings. The van der Waals surface area contributed by atoms with Gasteiger partial charge in [0.25, 0.3) is 0 Å². The van der Waals surface area contributed by atoms with Crippen molar-refractivity contribution in [2.45, 2.75) is 51.5 Å². The highest BCUT2D eigenvalue weighted by Crippen LogP contribution is 2.20. The Morgan fingerprint density at radius 2 is 2.00 bits per heavy atom. The van der Waals surface area contributed by atoms with E-state index in [4.69, 9.17) is 10.8 Å². The van der Waals surface area contributed by atoms with Crippen LogP contribution in [-0.2, 0) is 0 Å². The first-order valence-electron chi connectivity index (χ1n) is 6.78. The molecule has 0 aliphatic heterocycles. The van der Waals surface area contributed by atoms with Crippen LogP contribution in [0.2, 0.25) is 0 Å². The molecule has 0 radical (unpaired) electrons. The lowest BCUT2D eigenvalue weighted by Crippen LogP contribution is -2.33. The SMILES string of the molecule is Cc1cccc(C(=NC2CCCCCC2)NN)n1. The maximum Gasteiger partial charge on any atom is 0.161 e. The van der Waals surface area contributed by atoms with E-state index in [9.17, 15) is 0 Å². The molecule has 0 bridgehead atoms. The average Bonchev–Trinajstić information content (AvgIpc) is 2.64. The van der Waals surface area contributed by atoms with Crippen molar-refractivity contribution in [3.05, 3.63) is 29.6 Å². The zero-order valence-corrected chi connectivity index (χ0v) is 11.0. The minimum absolute atomic E-state index is 0.390. The molecule has 1 heterocycles. The number of nitrogens with zero attached hydrogens (tertiary/aromatic N) is 2. The quantitative estimate of drug-likeness (QED) is 0.277. The molecule has 1 saturated carbocycles. The predicted molar refractivity (Wildman–Crippen MR) is 74.3 cm³/mol. The number of nitrogens with one attached hydrogen (secondary N) is 1. The van der Waals surface area contributed by atoms with Gasteiger partial charge in [-0.2, -0.15) is 0 Å². The highest BCUT2D eigenvalue weighted by atomic mass is 15.3. The molecule has 4 nitrogen and oxygen atoms in total. The van der Waals surface area contributed by atoms with Crippen molar-refractivity contribution in [3.63, 3.8) is 0 Å². The number of hydrazine groups is 1. The lowest BCUT2D eigenvalue weighted by atomic mass is 10.1. The summed E-state index contributed by atoms with van der Waals surface area (Å²) in [5.74, 6) is 6.30. The molecule has 0 aromatic carbocycles. The molecule has 0 atom stereocenters. The Kier molecular flexibility index (Phi) is 4.70. The van der Waals surface area contributed by atoms with Crippen molar-refractivity contribution in [2.24, 2.45) is 10.8 Å². The fourth-order valence-electron chi connectivity index (χ4n) is 2.42. The average molecular weight is 246 g/mol. The Hall–Kier alpha value is -1.42. The second-order valence-electron chi connectivity index (χ2n) is 4.93. The van der Waals surface area contributed by atoms with Gasteiger partial charge in [0.1, 0.15) is 5.69 Å². The number of nitrogens with two attached hydrogens (primary N) is 1. The van der Waals surface area contributed by atoms with E-state index in [1.165, 1.54) is 25.7 Å². The Labute approximate surface area is 109 Å². The fraction of sp³-hybridized carbons (Fsp3) is 0.571. The molecule has 1 aliphatic carbocycles. The minimum Gasteiger partial charge on any atom is -0.307 e. The van der Waals surface area contributed by atoms with Gasteiger partial charge in [0, 0.05) is 5.69 Å². The summed E-state index contributed by atoms with van der Waals surface area (Å²) in [4.78, 5) is 9.20. The summed E-state index contributed by atoms with van der Waals surface area (Å²) in [5.41, 5.74) is 4.52. The molecule has 18 heavy (non-hydrogen) atoms. The first kappa shape index (κ1) is 13.0. The van der Waals surface area contributed by atoms with Crippen LogP contribution in [0.1, 0.15) is 49.9 Å². The van der Waals surface area contributed by atoms with Crippen LogP contribution in [0.5, 0.6) is 0 Å². The Morgan fingerprint density at radius 1 is 1.28 bits per heavy atom. The van der Waals surface area contributed by atoms with Gasteiger partial charge in [-0.15, -0.1) is 0 Å². The van der Waals surface area contributed by atoms with Crippen LogP contribution in [-0.4, -0.2) is 16.9 Å². The molecular formula is C14H22N4. The molecule has 2 rings (SSSR count). The molecule has 0 spiro atoms. The van der Waals surface area contributed by atoms with Crippen LogP contribution in [0.3, 0.4) is 0 Å². The molecule has 0 saturated heterocycles. The van der Waals surface area contributed by atoms with E-state index >= 15 is 0 Å². The molecule has 1 aliphatic rings. The highest BCUT2D eigenvalue weighted by Gasteiger charge is 2.13. The van der Waals surface area contributed by atoms with Gasteiger partial charge in [-0.1, -0.05) is 31.7 Å². The summed E-state index contributed by atoms with van der Waals surface area (Å²) in [6, 6.07) is 6.30. The van der Waals surface area contributed by atoms with Gasteiger partial charge in [0.05, 0.1) is 6.04 Å². The van der Waals surface area contributed by atoms with Crippen LogP contribution in [0.15, 0.2) is 23.2 Å². The van der Waals surface area contributed by atoms with E-state index in [1.807, 2.05) is 25.1 Å². The minimum atomic E-state index is 0.390. The van der Waals surface area contributed by atoms with Gasteiger partial charge in [0.15, 0.2) is 5.84 Å². The maximum absolute atomic E-state index is 5.59. The Bertz CT molecular complexity index is 406. The first-order valence-corrected chi connectivity index (χ1v) is 6.78. The first-order chi connectivity index (χ1) is 8.79. The maximum atomic E-state index is 5.59. The van der Waals surface area contributed by atoms with E-state index < -0.39 is 0 Å². The molecule has 0 amide bonds. The third-order valence-corrected chi connectivity index (χ3v) is 3.40. The number of pyridine rings is 1. The number of aliphatic imine (C=N–C) groups is 1. The van der Waals surface area contributed by atoms with E-state index in [2.05, 4.69) is 10.4 Å². The van der Waals surface area contributed by atoms with Crippen LogP contribution in [0.4, 0.5) is 0 Å². The smallest absolute Gasteiger partial charge is 0.161 e. The molecule has 0 unspecified atom stereocenters. The van der Waals surface area contributed by atoms with Gasteiger partial charge in [-0.25, -0.2) is 10.8 Å². The van der Waals surface area contributed by atoms with E-state index in [-0.39, 0.29) is 0 Å². The summed E-state index contributed by atoms with van der Waals surface area (Å²) < 4.78 is 0. The zero-order chi connectivity index (χ0) is 12.8. The van der Waals surface area contributed by atoms with Gasteiger partial charge < -0.3 is 5.43 Å². The largest absolute Gasteiger partial charge is 0.307 e. The summed E-state index contributed by atoms with van der Waals surface area (Å²) >= 11 is 0. The predicted octanol–water partition coefficient (Wildman–Crippen LogP) is 2.32. The van der Waals surface area contributed by atoms with Gasteiger partial charge in [0.2, 0.25) is 0 Å². The zero-order valence-electron chi connectivity index (χ0n) is 11.0. The van der Waals surface area contributed by atoms with Crippen molar-refractivity contribution >= 4 is 5.84 Å². The summed E-state index contributed by atoms with van der Waals surface area (Å²) in [5, 5.41) is 0. The van der Waals surface area contributed by atoms with Crippen LogP contribution in [0.25, 0.3) is 0 Å². The van der Waals surface area contributed by atoms with Crippen LogP contribution < -0.4 is 11.3 Å². The van der Waals surface area contributed by atoms with Crippen molar-refractivity contribution < 1.29 is 0 Å². The van der Waals surface area contributed by atoms with Gasteiger partial charge in [-0.3, -0.25) is 4.99 Å². The molecule has 98 valence electrons. The summed E-state index contributed by atoms with van der Waals surface area (Å²) in [6.07, 6.45) is 7.54. The highest BCUT2D eigenvalue weighted by molar-refractivity contribution is 5.96. The van der Waals surface area contributed by atoms with Crippen molar-refractivity contribution in [3.8, 4) is 0 Å². The second kappa shape index (κ2) is 6.50. The fourth-order valence-corrected chi connectivity index (χ4v) is 2.42. The molecular weight excluding hydrogens is 224 g/mol. The summed E-state index contributed by atoms with van der Waals surface area (Å²) in [6.45, 7) is 1.98. The third kappa shape index (κ3) is 3.53. The van der Waals surface area contributed by atoms with Crippen molar-refractivity contribution in [1.82, 2.24) is 10.4 Å². The molecule has 1 fully saturated rings. The number of amidine groups is 1. The lowest BCUT2D eigenvalue weighted by molar-refractivity contribution is 0.583. The number of aromatic nitrogens is 1. The second-order valence-corrected chi connectivity index (χ2v) is 4.93. The van der Waals surface area contributed by atoms with E-state index in [0.29, 0.717) is 11.9 Å². The normalized spacial score (nSPS) is 18.4. The number of rotatable bonds is 2. The number of aryl methyl sites for hydroxylation is 1. The molecule has 3 N–H and O–H groups in total. The topological polar surface area (TPSA) is 63.3 Å². The number of hydrogen-bond acceptors (Lipinski definition) is 3. The monoisotopic (exact) mass is 246 g/mol. The van der Waals surface area contributed by atoms with Crippen molar-refractivity contribution in [1.29, 1.82) is 0 Å². The van der Waals surface area contributed by atoms with Gasteiger partial charge >= 0.3 is 0 Å². The molecule has 1 aromatic heterocycles. The van der Waals surface area contributed by atoms with Gasteiger partial charge in [-0.05, 0) is 31.9 Å². The van der Waals surface area contributed by atoms with Crippen LogP contribution >= 0.6 is 0 Å². The van der Waals surface area contributed by atoms with E-state index in [0.717, 1.165) is 24.2 Å². The van der Waals surface area contributed by atoms with E-state index in [1.54, 1.807) is 0 Å². The third-order valence-electron chi connectivity index (χ3n) is 3.40. The number of hydrogen-bond donors (Lipinski definition) is 2. The lowest BCUT2D eigenvalue weighted by Gasteiger charge is -2.12. The molecule has 4 heteroatoms. The standard InChI is InChI=1S/C14H22N4/c1-11-7-6-10-13(16-11)14(18-15)17-12-8-4-2-3-5-9-12/h6-7,10,12H,2-5,8-9,15H2,1H3,(H,17,18). The summed E-state index contributed by atoms with van der Waals surface area (Å²) in [7, 11) is 0. The Morgan fingerprint density at radius 3 is 2.61 bits per heavy atom. The van der Waals surface area contributed by atoms with Crippen LogP contribution in [0, 0.1) is 6.92 Å².